The molecule has 7 heteroatoms. The minimum absolute atomic E-state index is 0.0721. The molecule has 0 amide bonds. The van der Waals surface area contributed by atoms with E-state index in [0.717, 1.165) is 11.3 Å². The second-order valence-electron chi connectivity index (χ2n) is 4.52. The van der Waals surface area contributed by atoms with Crippen molar-refractivity contribution >= 4 is 11.5 Å². The molecule has 0 aliphatic rings. The van der Waals surface area contributed by atoms with Gasteiger partial charge in [-0.05, 0) is 31.0 Å². The van der Waals surface area contributed by atoms with Crippen LogP contribution in [-0.4, -0.2) is 21.8 Å². The van der Waals surface area contributed by atoms with Gasteiger partial charge in [-0.15, -0.1) is 0 Å². The Morgan fingerprint density at radius 2 is 2.10 bits per heavy atom. The summed E-state index contributed by atoms with van der Waals surface area (Å²) in [6, 6.07) is 7.57. The summed E-state index contributed by atoms with van der Waals surface area (Å²) in [5.41, 5.74) is 6.66. The van der Waals surface area contributed by atoms with E-state index < -0.39 is 4.92 Å². The van der Waals surface area contributed by atoms with E-state index in [-0.39, 0.29) is 17.5 Å². The molecule has 2 rings (SSSR count). The van der Waals surface area contributed by atoms with Crippen LogP contribution in [0.15, 0.2) is 30.5 Å². The van der Waals surface area contributed by atoms with Gasteiger partial charge in [-0.25, -0.2) is 4.68 Å². The van der Waals surface area contributed by atoms with Crippen LogP contribution in [0.3, 0.4) is 0 Å². The van der Waals surface area contributed by atoms with E-state index in [1.807, 2.05) is 31.2 Å². The Labute approximate surface area is 116 Å². The van der Waals surface area contributed by atoms with Crippen molar-refractivity contribution in [3.63, 3.8) is 0 Å². The molecule has 106 valence electrons. The van der Waals surface area contributed by atoms with Gasteiger partial charge in [0, 0.05) is 0 Å². The zero-order valence-electron chi connectivity index (χ0n) is 11.3. The monoisotopic (exact) mass is 276 g/mol. The second-order valence-corrected chi connectivity index (χ2v) is 4.52. The number of ether oxygens (including phenoxy) is 1. The van der Waals surface area contributed by atoms with Crippen molar-refractivity contribution in [2.75, 3.05) is 12.8 Å². The van der Waals surface area contributed by atoms with E-state index in [0.29, 0.717) is 6.42 Å². The number of hydrogen-bond donors (Lipinski definition) is 1. The lowest BCUT2D eigenvalue weighted by molar-refractivity contribution is -0.384. The highest BCUT2D eigenvalue weighted by Gasteiger charge is 2.20. The van der Waals surface area contributed by atoms with Crippen molar-refractivity contribution < 1.29 is 9.66 Å². The predicted molar refractivity (Wildman–Crippen MR) is 74.7 cm³/mol. The number of aromatic nitrogens is 2. The minimum Gasteiger partial charge on any atom is -0.497 e. The van der Waals surface area contributed by atoms with Gasteiger partial charge in [0.15, 0.2) is 0 Å². The third kappa shape index (κ3) is 2.71. The number of methoxy groups -OCH3 is 1. The number of rotatable bonds is 5. The third-order valence-corrected chi connectivity index (χ3v) is 3.12. The summed E-state index contributed by atoms with van der Waals surface area (Å²) in [5.74, 6) is 0.867. The van der Waals surface area contributed by atoms with Crippen LogP contribution in [-0.2, 0) is 6.42 Å². The molecule has 2 aromatic rings. The summed E-state index contributed by atoms with van der Waals surface area (Å²) < 4.78 is 6.57. The van der Waals surface area contributed by atoms with Crippen LogP contribution in [0.5, 0.6) is 5.75 Å². The fourth-order valence-corrected chi connectivity index (χ4v) is 2.04. The number of benzene rings is 1. The molecule has 0 saturated heterocycles. The number of nitrogens with two attached hydrogens (primary N) is 1. The van der Waals surface area contributed by atoms with E-state index in [1.54, 1.807) is 7.11 Å². The van der Waals surface area contributed by atoms with Gasteiger partial charge in [-0.1, -0.05) is 12.1 Å². The highest BCUT2D eigenvalue weighted by molar-refractivity contribution is 5.51. The molecule has 0 radical (unpaired) electrons. The molecule has 7 nitrogen and oxygen atoms in total. The number of nitro groups is 1. The molecule has 0 spiro atoms. The maximum absolute atomic E-state index is 10.7. The molecule has 1 unspecified atom stereocenters. The first kappa shape index (κ1) is 13.9. The largest absolute Gasteiger partial charge is 0.497 e. The minimum atomic E-state index is -0.529. The lowest BCUT2D eigenvalue weighted by Gasteiger charge is -2.13. The van der Waals surface area contributed by atoms with Crippen LogP contribution in [0, 0.1) is 10.1 Å². The third-order valence-electron chi connectivity index (χ3n) is 3.12. The summed E-state index contributed by atoms with van der Waals surface area (Å²) in [4.78, 5) is 10.2. The lowest BCUT2D eigenvalue weighted by atomic mass is 10.1. The predicted octanol–water partition coefficient (Wildman–Crippen LogP) is 2.19. The maximum atomic E-state index is 10.7. The average Bonchev–Trinajstić information content (AvgIpc) is 2.81. The van der Waals surface area contributed by atoms with Gasteiger partial charge in [-0.2, -0.15) is 5.10 Å². The SMILES string of the molecule is COc1ccc(CC(C)n2ncc([N+](=O)[O-])c2N)cc1. The molecule has 2 N–H and O–H groups in total. The summed E-state index contributed by atoms with van der Waals surface area (Å²) in [5, 5.41) is 14.7. The van der Waals surface area contributed by atoms with E-state index in [9.17, 15) is 10.1 Å². The summed E-state index contributed by atoms with van der Waals surface area (Å²) >= 11 is 0. The van der Waals surface area contributed by atoms with Crippen LogP contribution in [0.25, 0.3) is 0 Å². The number of nitrogens with zero attached hydrogens (tertiary/aromatic N) is 3. The zero-order chi connectivity index (χ0) is 14.7. The van der Waals surface area contributed by atoms with Gasteiger partial charge in [0.25, 0.3) is 0 Å². The van der Waals surface area contributed by atoms with E-state index in [4.69, 9.17) is 10.5 Å². The molecular formula is C13H16N4O3. The first-order valence-corrected chi connectivity index (χ1v) is 6.13. The number of hydrogen-bond acceptors (Lipinski definition) is 5. The van der Waals surface area contributed by atoms with Gasteiger partial charge in [-0.3, -0.25) is 10.1 Å². The highest BCUT2D eigenvalue weighted by Crippen LogP contribution is 2.25. The first-order chi connectivity index (χ1) is 9.52. The van der Waals surface area contributed by atoms with Crippen molar-refractivity contribution in [1.29, 1.82) is 0 Å². The Hall–Kier alpha value is -2.57. The van der Waals surface area contributed by atoms with Crippen molar-refractivity contribution in [1.82, 2.24) is 9.78 Å². The smallest absolute Gasteiger partial charge is 0.330 e. The lowest BCUT2D eigenvalue weighted by Crippen LogP contribution is -2.13. The molecule has 0 aliphatic heterocycles. The van der Waals surface area contributed by atoms with Crippen molar-refractivity contribution in [2.45, 2.75) is 19.4 Å². The van der Waals surface area contributed by atoms with Crippen LogP contribution in [0.1, 0.15) is 18.5 Å². The Balaban J connectivity index is 2.15. The van der Waals surface area contributed by atoms with Crippen LogP contribution in [0.2, 0.25) is 0 Å². The second kappa shape index (κ2) is 5.60. The molecule has 1 atom stereocenters. The molecule has 1 aromatic heterocycles. The topological polar surface area (TPSA) is 96.2 Å². The van der Waals surface area contributed by atoms with Gasteiger partial charge in [0.2, 0.25) is 5.82 Å². The van der Waals surface area contributed by atoms with Gasteiger partial charge in [0.1, 0.15) is 11.9 Å². The Morgan fingerprint density at radius 3 is 2.60 bits per heavy atom. The average molecular weight is 276 g/mol. The van der Waals surface area contributed by atoms with E-state index in [2.05, 4.69) is 5.10 Å². The standard InChI is InChI=1S/C13H16N4O3/c1-9(7-10-3-5-11(20-2)6-4-10)16-13(14)12(8-15-16)17(18)19/h3-6,8-9H,7,14H2,1-2H3. The van der Waals surface area contributed by atoms with Gasteiger partial charge >= 0.3 is 5.69 Å². The zero-order valence-corrected chi connectivity index (χ0v) is 11.3. The maximum Gasteiger partial charge on any atom is 0.330 e. The summed E-state index contributed by atoms with van der Waals surface area (Å²) in [6.07, 6.45) is 1.85. The molecule has 0 fully saturated rings. The van der Waals surface area contributed by atoms with Crippen molar-refractivity contribution in [3.05, 3.63) is 46.1 Å². The Kier molecular flexibility index (Phi) is 3.88. The van der Waals surface area contributed by atoms with Crippen molar-refractivity contribution in [2.24, 2.45) is 0 Å². The molecule has 0 saturated carbocycles. The van der Waals surface area contributed by atoms with Crippen LogP contribution < -0.4 is 10.5 Å². The molecule has 1 aromatic carbocycles. The number of anilines is 1. The van der Waals surface area contributed by atoms with Crippen LogP contribution >= 0.6 is 0 Å². The first-order valence-electron chi connectivity index (χ1n) is 6.13. The van der Waals surface area contributed by atoms with E-state index in [1.165, 1.54) is 10.9 Å². The number of nitrogen functional groups attached to an aromatic ring is 1. The molecule has 1 heterocycles. The van der Waals surface area contributed by atoms with Crippen LogP contribution in [0.4, 0.5) is 11.5 Å². The summed E-state index contributed by atoms with van der Waals surface area (Å²) in [7, 11) is 1.61. The van der Waals surface area contributed by atoms with E-state index >= 15 is 0 Å². The fourth-order valence-electron chi connectivity index (χ4n) is 2.04. The van der Waals surface area contributed by atoms with Gasteiger partial charge < -0.3 is 10.5 Å². The van der Waals surface area contributed by atoms with Gasteiger partial charge in [0.05, 0.1) is 18.1 Å². The fraction of sp³-hybridized carbons (Fsp3) is 0.308. The molecule has 0 aliphatic carbocycles. The Morgan fingerprint density at radius 1 is 1.45 bits per heavy atom. The molecule has 20 heavy (non-hydrogen) atoms. The normalized spacial score (nSPS) is 12.1. The molecular weight excluding hydrogens is 260 g/mol. The quantitative estimate of drug-likeness (QED) is 0.667. The highest BCUT2D eigenvalue weighted by atomic mass is 16.6. The molecule has 0 bridgehead atoms. The van der Waals surface area contributed by atoms with Crippen molar-refractivity contribution in [3.8, 4) is 5.75 Å². The Bertz CT molecular complexity index is 607. The summed E-state index contributed by atoms with van der Waals surface area (Å²) in [6.45, 7) is 1.91.